The maximum atomic E-state index is 10.6. The number of halogens is 2. The average molecular weight is 432 g/mol. The number of aromatic nitrogens is 1. The van der Waals surface area contributed by atoms with Crippen LogP contribution in [0.4, 0.5) is 0 Å². The summed E-state index contributed by atoms with van der Waals surface area (Å²) in [5.74, 6) is 0.436. The van der Waals surface area contributed by atoms with Crippen LogP contribution < -0.4 is 4.74 Å². The van der Waals surface area contributed by atoms with E-state index in [0.717, 1.165) is 17.2 Å². The summed E-state index contributed by atoms with van der Waals surface area (Å²) in [6, 6.07) is 12.4. The Morgan fingerprint density at radius 3 is 2.41 bits per heavy atom. The molecule has 1 heterocycles. The number of carboxylic acids is 1. The fraction of sp³-hybridized carbons (Fsp3) is 0.182. The van der Waals surface area contributed by atoms with Crippen molar-refractivity contribution in [2.75, 3.05) is 0 Å². The maximum Gasteiger partial charge on any atom is 0.328 e. The van der Waals surface area contributed by atoms with Crippen LogP contribution in [0.25, 0.3) is 17.3 Å². The molecule has 0 spiro atoms. The summed E-state index contributed by atoms with van der Waals surface area (Å²) in [5.41, 5.74) is 2.71. The highest BCUT2D eigenvalue weighted by Gasteiger charge is 2.23. The molecular weight excluding hydrogens is 413 g/mol. The van der Waals surface area contributed by atoms with Crippen molar-refractivity contribution in [1.82, 2.24) is 5.16 Å². The smallest absolute Gasteiger partial charge is 0.328 e. The van der Waals surface area contributed by atoms with Gasteiger partial charge in [-0.25, -0.2) is 4.79 Å². The number of carbonyl (C=O) groups is 1. The lowest BCUT2D eigenvalue weighted by Crippen LogP contribution is -2.01. The zero-order chi connectivity index (χ0) is 21.0. The van der Waals surface area contributed by atoms with Gasteiger partial charge < -0.3 is 14.4 Å². The van der Waals surface area contributed by atoms with Crippen molar-refractivity contribution in [1.29, 1.82) is 0 Å². The molecule has 1 N–H and O–H groups in total. The van der Waals surface area contributed by atoms with E-state index in [1.807, 2.05) is 13.8 Å². The first-order chi connectivity index (χ1) is 13.9. The Bertz CT molecular complexity index is 1020. The van der Waals surface area contributed by atoms with Crippen LogP contribution in [0.2, 0.25) is 10.0 Å². The van der Waals surface area contributed by atoms with Gasteiger partial charge in [-0.1, -0.05) is 60.4 Å². The second kappa shape index (κ2) is 9.16. The first kappa shape index (κ1) is 21.0. The number of carboxylic acid groups (broad SMARTS) is 1. The Morgan fingerprint density at radius 2 is 1.83 bits per heavy atom. The van der Waals surface area contributed by atoms with Gasteiger partial charge in [-0.2, -0.15) is 0 Å². The minimum Gasteiger partial charge on any atom is -0.489 e. The summed E-state index contributed by atoms with van der Waals surface area (Å²) in [7, 11) is 0. The molecular formula is C22H19Cl2NO4. The zero-order valence-electron chi connectivity index (χ0n) is 15.9. The number of ether oxygens (including phenoxy) is 1. The molecule has 2 aromatic carbocycles. The van der Waals surface area contributed by atoms with Gasteiger partial charge in [-0.3, -0.25) is 0 Å². The Morgan fingerprint density at radius 1 is 1.17 bits per heavy atom. The zero-order valence-corrected chi connectivity index (χ0v) is 17.4. The van der Waals surface area contributed by atoms with Crippen LogP contribution in [0.5, 0.6) is 5.75 Å². The van der Waals surface area contributed by atoms with Crippen LogP contribution in [-0.4, -0.2) is 16.2 Å². The van der Waals surface area contributed by atoms with Crippen molar-refractivity contribution in [2.45, 2.75) is 26.4 Å². The molecule has 1 aromatic heterocycles. The molecule has 3 aromatic rings. The van der Waals surface area contributed by atoms with E-state index in [1.54, 1.807) is 42.5 Å². The molecule has 0 amide bonds. The van der Waals surface area contributed by atoms with Crippen molar-refractivity contribution in [2.24, 2.45) is 0 Å². The van der Waals surface area contributed by atoms with E-state index in [1.165, 1.54) is 6.08 Å². The van der Waals surface area contributed by atoms with Crippen molar-refractivity contribution < 1.29 is 19.2 Å². The average Bonchev–Trinajstić information content (AvgIpc) is 3.09. The SMILES string of the molecule is CC(C)c1onc(-c2c(Cl)cccc2Cl)c1COc1ccc(/C=C/C(=O)O)cc1. The molecule has 0 atom stereocenters. The molecule has 0 unspecified atom stereocenters. The molecule has 29 heavy (non-hydrogen) atoms. The molecule has 0 aliphatic heterocycles. The summed E-state index contributed by atoms with van der Waals surface area (Å²) in [5, 5.41) is 13.9. The summed E-state index contributed by atoms with van der Waals surface area (Å²) < 4.78 is 11.5. The third-order valence-electron chi connectivity index (χ3n) is 4.22. The van der Waals surface area contributed by atoms with Crippen LogP contribution in [0.3, 0.4) is 0 Å². The number of aliphatic carboxylic acids is 1. The highest BCUT2D eigenvalue weighted by molar-refractivity contribution is 6.39. The predicted octanol–water partition coefficient (Wildman–Crippen LogP) is 6.45. The summed E-state index contributed by atoms with van der Waals surface area (Å²) in [6.45, 7) is 4.23. The number of rotatable bonds is 7. The Balaban J connectivity index is 1.87. The van der Waals surface area contributed by atoms with E-state index < -0.39 is 5.97 Å². The molecule has 0 bridgehead atoms. The van der Waals surface area contributed by atoms with Crippen molar-refractivity contribution in [3.05, 3.63) is 75.5 Å². The van der Waals surface area contributed by atoms with Gasteiger partial charge in [0.2, 0.25) is 0 Å². The third kappa shape index (κ3) is 5.00. The van der Waals surface area contributed by atoms with Gasteiger partial charge >= 0.3 is 5.97 Å². The molecule has 5 nitrogen and oxygen atoms in total. The second-order valence-corrected chi connectivity index (χ2v) is 7.47. The van der Waals surface area contributed by atoms with Gasteiger partial charge in [0.1, 0.15) is 23.8 Å². The maximum absolute atomic E-state index is 10.6. The van der Waals surface area contributed by atoms with E-state index in [4.69, 9.17) is 37.6 Å². The molecule has 0 fully saturated rings. The second-order valence-electron chi connectivity index (χ2n) is 6.65. The van der Waals surface area contributed by atoms with Gasteiger partial charge in [0.05, 0.1) is 15.6 Å². The van der Waals surface area contributed by atoms with E-state index in [0.29, 0.717) is 32.8 Å². The van der Waals surface area contributed by atoms with Crippen LogP contribution in [0.15, 0.2) is 53.1 Å². The van der Waals surface area contributed by atoms with Gasteiger partial charge in [-0.15, -0.1) is 0 Å². The Kier molecular flexibility index (Phi) is 6.62. The van der Waals surface area contributed by atoms with Gasteiger partial charge in [0.25, 0.3) is 0 Å². The fourth-order valence-corrected chi connectivity index (χ4v) is 3.41. The Hall–Kier alpha value is -2.76. The largest absolute Gasteiger partial charge is 0.489 e. The number of benzene rings is 2. The van der Waals surface area contributed by atoms with Crippen molar-refractivity contribution in [3.63, 3.8) is 0 Å². The summed E-state index contributed by atoms with van der Waals surface area (Å²) >= 11 is 12.7. The topological polar surface area (TPSA) is 72.6 Å². The lowest BCUT2D eigenvalue weighted by Gasteiger charge is -2.11. The third-order valence-corrected chi connectivity index (χ3v) is 4.85. The lowest BCUT2D eigenvalue weighted by atomic mass is 10.0. The molecule has 7 heteroatoms. The van der Waals surface area contributed by atoms with Crippen LogP contribution in [0.1, 0.15) is 36.7 Å². The highest BCUT2D eigenvalue weighted by atomic mass is 35.5. The van der Waals surface area contributed by atoms with E-state index in [2.05, 4.69) is 5.16 Å². The van der Waals surface area contributed by atoms with Crippen molar-refractivity contribution >= 4 is 35.2 Å². The predicted molar refractivity (Wildman–Crippen MR) is 113 cm³/mol. The lowest BCUT2D eigenvalue weighted by molar-refractivity contribution is -0.131. The molecule has 3 rings (SSSR count). The summed E-state index contributed by atoms with van der Waals surface area (Å²) in [4.78, 5) is 10.6. The monoisotopic (exact) mass is 431 g/mol. The molecule has 0 saturated heterocycles. The van der Waals surface area contributed by atoms with Crippen LogP contribution in [-0.2, 0) is 11.4 Å². The number of hydrogen-bond donors (Lipinski definition) is 1. The molecule has 0 aliphatic rings. The molecule has 150 valence electrons. The fourth-order valence-electron chi connectivity index (χ4n) is 2.83. The molecule has 0 aliphatic carbocycles. The standard InChI is InChI=1S/C22H19Cl2NO4/c1-13(2)22-16(21(25-29-22)20-17(23)4-3-5-18(20)24)12-28-15-9-6-14(7-10-15)8-11-19(26)27/h3-11,13H,12H2,1-2H3,(H,26,27)/b11-8+. The van der Waals surface area contributed by atoms with Gasteiger partial charge in [-0.05, 0) is 35.9 Å². The first-order valence-corrected chi connectivity index (χ1v) is 9.69. The van der Waals surface area contributed by atoms with Crippen LogP contribution in [0, 0.1) is 0 Å². The first-order valence-electron chi connectivity index (χ1n) is 8.93. The Labute approximate surface area is 178 Å². The van der Waals surface area contributed by atoms with Crippen LogP contribution >= 0.6 is 23.2 Å². The quantitative estimate of drug-likeness (QED) is 0.435. The summed E-state index contributed by atoms with van der Waals surface area (Å²) in [6.07, 6.45) is 2.60. The van der Waals surface area contributed by atoms with Gasteiger partial charge in [0, 0.05) is 17.6 Å². The highest BCUT2D eigenvalue weighted by Crippen LogP contribution is 2.38. The van der Waals surface area contributed by atoms with Gasteiger partial charge in [0.15, 0.2) is 0 Å². The van der Waals surface area contributed by atoms with E-state index >= 15 is 0 Å². The minimum atomic E-state index is -0.996. The molecule has 0 radical (unpaired) electrons. The number of hydrogen-bond acceptors (Lipinski definition) is 4. The minimum absolute atomic E-state index is 0.0969. The molecule has 0 saturated carbocycles. The normalized spacial score (nSPS) is 11.3. The van der Waals surface area contributed by atoms with E-state index in [-0.39, 0.29) is 12.5 Å². The van der Waals surface area contributed by atoms with E-state index in [9.17, 15) is 4.79 Å². The van der Waals surface area contributed by atoms with Crippen molar-refractivity contribution in [3.8, 4) is 17.0 Å². The number of nitrogens with zero attached hydrogens (tertiary/aromatic N) is 1.